The zero-order valence-electron chi connectivity index (χ0n) is 13.9. The van der Waals surface area contributed by atoms with E-state index >= 15 is 0 Å². The van der Waals surface area contributed by atoms with Crippen LogP contribution in [0.2, 0.25) is 0 Å². The van der Waals surface area contributed by atoms with E-state index < -0.39 is 10.0 Å². The minimum absolute atomic E-state index is 0.0685. The quantitative estimate of drug-likeness (QED) is 0.829. The van der Waals surface area contributed by atoms with E-state index in [1.165, 1.54) is 6.42 Å². The Morgan fingerprint density at radius 1 is 1.32 bits per heavy atom. The molecule has 6 nitrogen and oxygen atoms in total. The number of nitrogens with one attached hydrogen (secondary N) is 1. The first kappa shape index (κ1) is 17.4. The molecule has 1 aliphatic carbocycles. The molecule has 126 valence electrons. The number of sulfonamides is 1. The fourth-order valence-corrected chi connectivity index (χ4v) is 4.49. The molecule has 7 heteroatoms. The third-order valence-corrected chi connectivity index (χ3v) is 6.13. The number of likely N-dealkylation sites (N-methyl/N-ethyl adjacent to an activating group) is 1. The van der Waals surface area contributed by atoms with Gasteiger partial charge in [-0.25, -0.2) is 13.1 Å². The van der Waals surface area contributed by atoms with Gasteiger partial charge < -0.3 is 4.90 Å². The van der Waals surface area contributed by atoms with Crippen LogP contribution in [-0.2, 0) is 16.6 Å². The third kappa shape index (κ3) is 3.70. The molecule has 1 aliphatic rings. The highest BCUT2D eigenvalue weighted by atomic mass is 32.2. The van der Waals surface area contributed by atoms with Gasteiger partial charge in [-0.1, -0.05) is 26.2 Å². The number of aryl methyl sites for hydroxylation is 1. The average molecular weight is 328 g/mol. The summed E-state index contributed by atoms with van der Waals surface area (Å²) < 4.78 is 29.6. The number of hydrogen-bond acceptors (Lipinski definition) is 4. The summed E-state index contributed by atoms with van der Waals surface area (Å²) in [6, 6.07) is 1.57. The second-order valence-corrected chi connectivity index (χ2v) is 8.11. The molecule has 22 heavy (non-hydrogen) atoms. The first-order chi connectivity index (χ1) is 10.4. The van der Waals surface area contributed by atoms with Crippen molar-refractivity contribution in [1.29, 1.82) is 0 Å². The maximum absolute atomic E-state index is 12.6. The molecule has 2 rings (SSSR count). The van der Waals surface area contributed by atoms with E-state index in [1.807, 2.05) is 21.0 Å². The van der Waals surface area contributed by atoms with Gasteiger partial charge in [-0.3, -0.25) is 4.68 Å². The number of hydrogen-bond donors (Lipinski definition) is 1. The molecule has 0 radical (unpaired) electrons. The Morgan fingerprint density at radius 3 is 2.59 bits per heavy atom. The summed E-state index contributed by atoms with van der Waals surface area (Å²) in [5, 5.41) is 4.37. The summed E-state index contributed by atoms with van der Waals surface area (Å²) in [5.41, 5.74) is -0.0685. The van der Waals surface area contributed by atoms with Crippen molar-refractivity contribution in [1.82, 2.24) is 19.4 Å². The first-order valence-electron chi connectivity index (χ1n) is 8.10. The van der Waals surface area contributed by atoms with Crippen molar-refractivity contribution in [3.05, 3.63) is 12.3 Å². The van der Waals surface area contributed by atoms with Crippen molar-refractivity contribution < 1.29 is 8.42 Å². The van der Waals surface area contributed by atoms with E-state index in [9.17, 15) is 8.42 Å². The summed E-state index contributed by atoms with van der Waals surface area (Å²) in [5.74, 6) is 0. The molecule has 1 saturated carbocycles. The standard InChI is InChI=1S/C15H28N4O2S/c1-4-12-19-14(8-11-16-19)22(20,21)17-13-15(18(2)3)9-6-5-7-10-15/h8,11,17H,4-7,9-10,12-13H2,1-3H3. The van der Waals surface area contributed by atoms with Crippen LogP contribution in [0.25, 0.3) is 0 Å². The molecule has 0 saturated heterocycles. The molecule has 0 spiro atoms. The summed E-state index contributed by atoms with van der Waals surface area (Å²) >= 11 is 0. The van der Waals surface area contributed by atoms with Gasteiger partial charge in [0.25, 0.3) is 10.0 Å². The fourth-order valence-electron chi connectivity index (χ4n) is 3.22. The Morgan fingerprint density at radius 2 is 2.00 bits per heavy atom. The Balaban J connectivity index is 2.12. The van der Waals surface area contributed by atoms with E-state index in [-0.39, 0.29) is 10.6 Å². The average Bonchev–Trinajstić information content (AvgIpc) is 2.96. The topological polar surface area (TPSA) is 67.2 Å². The first-order valence-corrected chi connectivity index (χ1v) is 9.58. The van der Waals surface area contributed by atoms with Crippen molar-refractivity contribution >= 4 is 10.0 Å². The van der Waals surface area contributed by atoms with Gasteiger partial charge in [0.2, 0.25) is 0 Å². The zero-order valence-corrected chi connectivity index (χ0v) is 14.7. The molecule has 1 aromatic heterocycles. The van der Waals surface area contributed by atoms with Crippen molar-refractivity contribution in [2.24, 2.45) is 0 Å². The SMILES string of the molecule is CCCn1nccc1S(=O)(=O)NCC1(N(C)C)CCCCC1. The van der Waals surface area contributed by atoms with Crippen LogP contribution in [0.15, 0.2) is 17.3 Å². The Bertz CT molecular complexity index is 574. The maximum Gasteiger partial charge on any atom is 0.257 e. The van der Waals surface area contributed by atoms with Crippen molar-refractivity contribution in [2.45, 2.75) is 62.6 Å². The molecule has 0 aromatic carbocycles. The van der Waals surface area contributed by atoms with Gasteiger partial charge in [0.05, 0.1) is 6.20 Å². The monoisotopic (exact) mass is 328 g/mol. The predicted molar refractivity (Wildman–Crippen MR) is 87.2 cm³/mol. The van der Waals surface area contributed by atoms with Gasteiger partial charge in [0.1, 0.15) is 0 Å². The van der Waals surface area contributed by atoms with Gasteiger partial charge in [-0.2, -0.15) is 5.10 Å². The van der Waals surface area contributed by atoms with Crippen molar-refractivity contribution in [3.63, 3.8) is 0 Å². The van der Waals surface area contributed by atoms with Crippen LogP contribution in [0.5, 0.6) is 0 Å². The maximum atomic E-state index is 12.6. The predicted octanol–water partition coefficient (Wildman–Crippen LogP) is 1.84. The number of nitrogens with zero attached hydrogens (tertiary/aromatic N) is 3. The lowest BCUT2D eigenvalue weighted by Crippen LogP contribution is -2.53. The highest BCUT2D eigenvalue weighted by Gasteiger charge is 2.35. The van der Waals surface area contributed by atoms with Gasteiger partial charge in [-0.15, -0.1) is 0 Å². The van der Waals surface area contributed by atoms with E-state index in [2.05, 4.69) is 14.7 Å². The van der Waals surface area contributed by atoms with Crippen LogP contribution >= 0.6 is 0 Å². The van der Waals surface area contributed by atoms with E-state index in [1.54, 1.807) is 16.9 Å². The van der Waals surface area contributed by atoms with Crippen LogP contribution in [0.4, 0.5) is 0 Å². The minimum Gasteiger partial charge on any atom is -0.302 e. The molecule has 1 fully saturated rings. The minimum atomic E-state index is -3.52. The second-order valence-electron chi connectivity index (χ2n) is 6.40. The van der Waals surface area contributed by atoms with Crippen LogP contribution in [0.1, 0.15) is 45.4 Å². The molecule has 0 atom stereocenters. The number of aromatic nitrogens is 2. The molecular weight excluding hydrogens is 300 g/mol. The fraction of sp³-hybridized carbons (Fsp3) is 0.800. The van der Waals surface area contributed by atoms with Gasteiger partial charge in [0, 0.05) is 18.6 Å². The van der Waals surface area contributed by atoms with E-state index in [4.69, 9.17) is 0 Å². The molecule has 0 unspecified atom stereocenters. The summed E-state index contributed by atoms with van der Waals surface area (Å²) in [7, 11) is 0.568. The van der Waals surface area contributed by atoms with Crippen LogP contribution in [0, 0.1) is 0 Å². The van der Waals surface area contributed by atoms with Gasteiger partial charge in [0.15, 0.2) is 5.03 Å². The lowest BCUT2D eigenvalue weighted by atomic mass is 9.81. The summed E-state index contributed by atoms with van der Waals surface area (Å²) in [6.07, 6.45) is 8.04. The normalized spacial score (nSPS) is 18.7. The van der Waals surface area contributed by atoms with E-state index in [0.29, 0.717) is 13.1 Å². The number of rotatable bonds is 7. The van der Waals surface area contributed by atoms with Crippen LogP contribution < -0.4 is 4.72 Å². The van der Waals surface area contributed by atoms with Gasteiger partial charge >= 0.3 is 0 Å². The largest absolute Gasteiger partial charge is 0.302 e. The second kappa shape index (κ2) is 7.10. The summed E-state index contributed by atoms with van der Waals surface area (Å²) in [4.78, 5) is 2.18. The molecule has 1 N–H and O–H groups in total. The Kier molecular flexibility index (Phi) is 5.63. The highest BCUT2D eigenvalue weighted by Crippen LogP contribution is 2.32. The molecular formula is C15H28N4O2S. The summed E-state index contributed by atoms with van der Waals surface area (Å²) in [6.45, 7) is 3.08. The lowest BCUT2D eigenvalue weighted by Gasteiger charge is -2.43. The Labute approximate surface area is 133 Å². The van der Waals surface area contributed by atoms with Crippen molar-refractivity contribution in [3.8, 4) is 0 Å². The lowest BCUT2D eigenvalue weighted by molar-refractivity contribution is 0.105. The van der Waals surface area contributed by atoms with Crippen LogP contribution in [-0.4, -0.2) is 49.3 Å². The third-order valence-electron chi connectivity index (χ3n) is 4.71. The molecule has 0 bridgehead atoms. The van der Waals surface area contributed by atoms with E-state index in [0.717, 1.165) is 32.1 Å². The van der Waals surface area contributed by atoms with Gasteiger partial charge in [-0.05, 0) is 39.4 Å². The Hall–Kier alpha value is -0.920. The zero-order chi connectivity index (χ0) is 16.2. The highest BCUT2D eigenvalue weighted by molar-refractivity contribution is 7.89. The molecule has 1 aromatic rings. The molecule has 0 aliphatic heterocycles. The molecule has 1 heterocycles. The van der Waals surface area contributed by atoms with Crippen LogP contribution in [0.3, 0.4) is 0 Å². The van der Waals surface area contributed by atoms with Crippen molar-refractivity contribution in [2.75, 3.05) is 20.6 Å². The molecule has 0 amide bonds. The smallest absolute Gasteiger partial charge is 0.257 e.